The molecular formula is C13H21N3O3. The Balaban J connectivity index is 2.88. The molecule has 0 aromatic rings. The van der Waals surface area contributed by atoms with Gasteiger partial charge >= 0.3 is 12.0 Å². The smallest absolute Gasteiger partial charge is 0.329 e. The van der Waals surface area contributed by atoms with Gasteiger partial charge in [0.05, 0.1) is 12.5 Å². The van der Waals surface area contributed by atoms with Gasteiger partial charge in [0.15, 0.2) is 0 Å². The Hall–Kier alpha value is -1.77. The van der Waals surface area contributed by atoms with E-state index in [1.807, 2.05) is 13.0 Å². The van der Waals surface area contributed by atoms with Crippen LogP contribution in [0.1, 0.15) is 39.5 Å². The number of piperidine rings is 1. The van der Waals surface area contributed by atoms with Crippen molar-refractivity contribution in [2.75, 3.05) is 19.6 Å². The van der Waals surface area contributed by atoms with Crippen molar-refractivity contribution in [3.8, 4) is 6.07 Å². The van der Waals surface area contributed by atoms with E-state index in [0.29, 0.717) is 26.1 Å². The lowest BCUT2D eigenvalue weighted by Crippen LogP contribution is -2.60. The second kappa shape index (κ2) is 6.41. The quantitative estimate of drug-likeness (QED) is 0.839. The van der Waals surface area contributed by atoms with E-state index in [1.165, 1.54) is 9.80 Å². The summed E-state index contributed by atoms with van der Waals surface area (Å²) in [6.07, 6.45) is 2.38. The number of amides is 2. The SMILES string of the molecule is CCN(CCC#N)C(=O)N1CCCCC1(C)C(=O)O. The molecule has 0 bridgehead atoms. The van der Waals surface area contributed by atoms with Crippen LogP contribution in [-0.2, 0) is 4.79 Å². The number of rotatable bonds is 4. The molecule has 19 heavy (non-hydrogen) atoms. The number of nitrogens with zero attached hydrogens (tertiary/aromatic N) is 3. The van der Waals surface area contributed by atoms with Crippen molar-refractivity contribution in [1.29, 1.82) is 5.26 Å². The van der Waals surface area contributed by atoms with E-state index in [2.05, 4.69) is 0 Å². The molecule has 6 heteroatoms. The van der Waals surface area contributed by atoms with E-state index < -0.39 is 11.5 Å². The van der Waals surface area contributed by atoms with Gasteiger partial charge < -0.3 is 14.9 Å². The zero-order valence-corrected chi connectivity index (χ0v) is 11.6. The molecule has 1 aliphatic heterocycles. The van der Waals surface area contributed by atoms with Crippen LogP contribution in [0.25, 0.3) is 0 Å². The lowest BCUT2D eigenvalue weighted by Gasteiger charge is -2.43. The molecular weight excluding hydrogens is 246 g/mol. The zero-order valence-electron chi connectivity index (χ0n) is 11.6. The molecule has 1 saturated heterocycles. The molecule has 1 atom stereocenters. The molecule has 1 fully saturated rings. The molecule has 0 aromatic heterocycles. The van der Waals surface area contributed by atoms with Gasteiger partial charge in [-0.3, -0.25) is 0 Å². The summed E-state index contributed by atoms with van der Waals surface area (Å²) in [4.78, 5) is 26.9. The average molecular weight is 267 g/mol. The molecule has 1 aliphatic rings. The Morgan fingerprint density at radius 2 is 2.16 bits per heavy atom. The summed E-state index contributed by atoms with van der Waals surface area (Å²) in [6, 6.07) is 1.73. The van der Waals surface area contributed by atoms with Gasteiger partial charge in [0.1, 0.15) is 5.54 Å². The maximum absolute atomic E-state index is 12.4. The number of carbonyl (C=O) groups is 2. The molecule has 1 unspecified atom stereocenters. The van der Waals surface area contributed by atoms with Crippen LogP contribution in [-0.4, -0.2) is 52.1 Å². The molecule has 1 N–H and O–H groups in total. The van der Waals surface area contributed by atoms with Crippen molar-refractivity contribution in [2.45, 2.75) is 45.1 Å². The summed E-state index contributed by atoms with van der Waals surface area (Å²) in [6.45, 7) is 4.72. The van der Waals surface area contributed by atoms with Gasteiger partial charge in [0.25, 0.3) is 0 Å². The van der Waals surface area contributed by atoms with Crippen LogP contribution in [0.15, 0.2) is 0 Å². The molecule has 2 amide bonds. The largest absolute Gasteiger partial charge is 0.480 e. The van der Waals surface area contributed by atoms with E-state index in [4.69, 9.17) is 5.26 Å². The van der Waals surface area contributed by atoms with Crippen LogP contribution in [0.3, 0.4) is 0 Å². The Morgan fingerprint density at radius 1 is 1.47 bits per heavy atom. The van der Waals surface area contributed by atoms with E-state index in [-0.39, 0.29) is 12.5 Å². The summed E-state index contributed by atoms with van der Waals surface area (Å²) >= 11 is 0. The standard InChI is InChI=1S/C13H21N3O3/c1-3-15(9-6-8-14)12(19)16-10-5-4-7-13(16,2)11(17)18/h3-7,9-10H2,1-2H3,(H,17,18). The lowest BCUT2D eigenvalue weighted by molar-refractivity contribution is -0.150. The first kappa shape index (κ1) is 15.3. The van der Waals surface area contributed by atoms with E-state index >= 15 is 0 Å². The van der Waals surface area contributed by atoms with Crippen LogP contribution in [0.5, 0.6) is 0 Å². The normalized spacial score (nSPS) is 22.7. The molecule has 0 aromatic carbocycles. The first-order valence-corrected chi connectivity index (χ1v) is 6.64. The monoisotopic (exact) mass is 267 g/mol. The molecule has 0 radical (unpaired) electrons. The first-order valence-electron chi connectivity index (χ1n) is 6.64. The van der Waals surface area contributed by atoms with Crippen molar-refractivity contribution >= 4 is 12.0 Å². The maximum atomic E-state index is 12.4. The Bertz CT molecular complexity index is 391. The number of hydrogen-bond donors (Lipinski definition) is 1. The fraction of sp³-hybridized carbons (Fsp3) is 0.769. The highest BCUT2D eigenvalue weighted by Gasteiger charge is 2.44. The third kappa shape index (κ3) is 3.16. The average Bonchev–Trinajstić information content (AvgIpc) is 2.39. The number of carbonyl (C=O) groups excluding carboxylic acids is 1. The third-order valence-electron chi connectivity index (χ3n) is 3.73. The number of carboxylic acids is 1. The number of carboxylic acid groups (broad SMARTS) is 1. The summed E-state index contributed by atoms with van der Waals surface area (Å²) in [7, 11) is 0. The predicted molar refractivity (Wildman–Crippen MR) is 69.5 cm³/mol. The number of hydrogen-bond acceptors (Lipinski definition) is 3. The maximum Gasteiger partial charge on any atom is 0.329 e. The molecule has 1 rings (SSSR count). The van der Waals surface area contributed by atoms with Crippen LogP contribution in [0.4, 0.5) is 4.79 Å². The van der Waals surface area contributed by atoms with Crippen molar-refractivity contribution in [1.82, 2.24) is 9.80 Å². The van der Waals surface area contributed by atoms with Crippen molar-refractivity contribution in [2.24, 2.45) is 0 Å². The van der Waals surface area contributed by atoms with Gasteiger partial charge in [-0.25, -0.2) is 9.59 Å². The Labute approximate surface area is 113 Å². The number of aliphatic carboxylic acids is 1. The topological polar surface area (TPSA) is 84.6 Å². The Kier molecular flexibility index (Phi) is 5.16. The highest BCUT2D eigenvalue weighted by molar-refractivity contribution is 5.86. The minimum absolute atomic E-state index is 0.261. The summed E-state index contributed by atoms with van der Waals surface area (Å²) in [5, 5.41) is 18.0. The van der Waals surface area contributed by atoms with Crippen LogP contribution < -0.4 is 0 Å². The van der Waals surface area contributed by atoms with Crippen LogP contribution in [0, 0.1) is 11.3 Å². The van der Waals surface area contributed by atoms with Crippen molar-refractivity contribution in [3.63, 3.8) is 0 Å². The lowest BCUT2D eigenvalue weighted by atomic mass is 9.89. The number of nitriles is 1. The first-order chi connectivity index (χ1) is 8.97. The molecule has 6 nitrogen and oxygen atoms in total. The zero-order chi connectivity index (χ0) is 14.5. The highest BCUT2D eigenvalue weighted by atomic mass is 16.4. The van der Waals surface area contributed by atoms with Crippen LogP contribution >= 0.6 is 0 Å². The fourth-order valence-electron chi connectivity index (χ4n) is 2.39. The molecule has 0 spiro atoms. The Morgan fingerprint density at radius 3 is 2.68 bits per heavy atom. The van der Waals surface area contributed by atoms with Gasteiger partial charge in [-0.05, 0) is 33.1 Å². The molecule has 1 heterocycles. The van der Waals surface area contributed by atoms with Gasteiger partial charge in [-0.2, -0.15) is 5.26 Å². The fourth-order valence-corrected chi connectivity index (χ4v) is 2.39. The third-order valence-corrected chi connectivity index (χ3v) is 3.73. The van der Waals surface area contributed by atoms with Gasteiger partial charge in [-0.1, -0.05) is 0 Å². The van der Waals surface area contributed by atoms with Crippen LogP contribution in [0.2, 0.25) is 0 Å². The molecule has 0 aliphatic carbocycles. The second-order valence-electron chi connectivity index (χ2n) is 4.96. The summed E-state index contributed by atoms with van der Waals surface area (Å²) in [5.74, 6) is -0.961. The van der Waals surface area contributed by atoms with Gasteiger partial charge in [0.2, 0.25) is 0 Å². The minimum atomic E-state index is -1.13. The summed E-state index contributed by atoms with van der Waals surface area (Å²) < 4.78 is 0. The van der Waals surface area contributed by atoms with Crippen molar-refractivity contribution in [3.05, 3.63) is 0 Å². The van der Waals surface area contributed by atoms with Crippen molar-refractivity contribution < 1.29 is 14.7 Å². The van der Waals surface area contributed by atoms with E-state index in [9.17, 15) is 14.7 Å². The van der Waals surface area contributed by atoms with E-state index in [0.717, 1.165) is 12.8 Å². The predicted octanol–water partition coefficient (Wildman–Crippen LogP) is 1.67. The number of likely N-dealkylation sites (tertiary alicyclic amines) is 1. The van der Waals surface area contributed by atoms with E-state index in [1.54, 1.807) is 6.92 Å². The number of urea groups is 1. The highest BCUT2D eigenvalue weighted by Crippen LogP contribution is 2.29. The second-order valence-corrected chi connectivity index (χ2v) is 4.96. The van der Waals surface area contributed by atoms with Gasteiger partial charge in [-0.15, -0.1) is 0 Å². The minimum Gasteiger partial charge on any atom is -0.480 e. The van der Waals surface area contributed by atoms with Gasteiger partial charge in [0, 0.05) is 19.6 Å². The molecule has 106 valence electrons. The molecule has 0 saturated carbocycles. The summed E-state index contributed by atoms with van der Waals surface area (Å²) in [5.41, 5.74) is -1.13.